The first-order valence-electron chi connectivity index (χ1n) is 4.48. The number of nitro benzene ring substituents is 1. The van der Waals surface area contributed by atoms with E-state index in [0.29, 0.717) is 11.6 Å². The van der Waals surface area contributed by atoms with Crippen LogP contribution >= 0.6 is 11.6 Å². The Kier molecular flexibility index (Phi) is 4.39. The van der Waals surface area contributed by atoms with Crippen molar-refractivity contribution < 1.29 is 9.31 Å². The molecule has 16 heavy (non-hydrogen) atoms. The summed E-state index contributed by atoms with van der Waals surface area (Å²) in [5.41, 5.74) is -0.295. The van der Waals surface area contributed by atoms with E-state index >= 15 is 0 Å². The normalized spacial score (nSPS) is 10.1. The molecule has 0 saturated heterocycles. The maximum absolute atomic E-state index is 13.5. The van der Waals surface area contributed by atoms with E-state index in [1.807, 2.05) is 0 Å². The fourth-order valence-corrected chi connectivity index (χ4v) is 1.27. The van der Waals surface area contributed by atoms with Gasteiger partial charge in [0.15, 0.2) is 0 Å². The molecule has 0 saturated carbocycles. The van der Waals surface area contributed by atoms with Gasteiger partial charge in [-0.15, -0.1) is 0 Å². The molecule has 1 N–H and O–H groups in total. The van der Waals surface area contributed by atoms with Crippen LogP contribution in [0.25, 0.3) is 0 Å². The Morgan fingerprint density at radius 1 is 1.62 bits per heavy atom. The third-order valence-corrected chi connectivity index (χ3v) is 2.02. The molecule has 0 atom stereocenters. The summed E-state index contributed by atoms with van der Waals surface area (Å²) >= 11 is 5.51. The van der Waals surface area contributed by atoms with Crippen molar-refractivity contribution in [3.63, 3.8) is 0 Å². The summed E-state index contributed by atoms with van der Waals surface area (Å²) in [7, 11) is 0. The maximum Gasteiger partial charge on any atom is 0.305 e. The van der Waals surface area contributed by atoms with Gasteiger partial charge in [0.25, 0.3) is 0 Å². The minimum absolute atomic E-state index is 0.166. The number of halogens is 2. The third-order valence-electron chi connectivity index (χ3n) is 1.89. The molecular formula is C10H10ClFN2O2. The lowest BCUT2D eigenvalue weighted by Gasteiger charge is -2.04. The summed E-state index contributed by atoms with van der Waals surface area (Å²) in [5.74, 6) is -0.819. The van der Waals surface area contributed by atoms with E-state index in [2.05, 4.69) is 11.9 Å². The topological polar surface area (TPSA) is 55.2 Å². The maximum atomic E-state index is 13.5. The van der Waals surface area contributed by atoms with Gasteiger partial charge >= 0.3 is 5.69 Å². The van der Waals surface area contributed by atoms with Crippen LogP contribution in [-0.2, 0) is 6.54 Å². The summed E-state index contributed by atoms with van der Waals surface area (Å²) in [5, 5.41) is 13.7. The molecule has 86 valence electrons. The molecule has 0 amide bonds. The standard InChI is InChI=1S/C10H10ClFN2O2/c1-7(11)5-13-6-8-3-2-4-9(10(8)12)14(15)16/h2-4,13H,1,5-6H2. The highest BCUT2D eigenvalue weighted by Crippen LogP contribution is 2.19. The summed E-state index contributed by atoms with van der Waals surface area (Å²) in [6.07, 6.45) is 0. The average Bonchev–Trinajstić information content (AvgIpc) is 2.19. The van der Waals surface area contributed by atoms with Crippen LogP contribution in [0.15, 0.2) is 29.8 Å². The number of hydrogen-bond acceptors (Lipinski definition) is 3. The molecule has 0 aliphatic heterocycles. The van der Waals surface area contributed by atoms with Crippen molar-refractivity contribution in [2.24, 2.45) is 0 Å². The smallest absolute Gasteiger partial charge is 0.305 e. The second-order valence-electron chi connectivity index (χ2n) is 3.13. The van der Waals surface area contributed by atoms with Crippen LogP contribution < -0.4 is 5.32 Å². The quantitative estimate of drug-likeness (QED) is 0.640. The summed E-state index contributed by atoms with van der Waals surface area (Å²) < 4.78 is 13.5. The first-order valence-corrected chi connectivity index (χ1v) is 4.86. The zero-order chi connectivity index (χ0) is 12.1. The largest absolute Gasteiger partial charge is 0.308 e. The molecule has 0 heterocycles. The fourth-order valence-electron chi connectivity index (χ4n) is 1.18. The van der Waals surface area contributed by atoms with Gasteiger partial charge < -0.3 is 5.32 Å². The number of hydrogen-bond donors (Lipinski definition) is 1. The van der Waals surface area contributed by atoms with Gasteiger partial charge in [-0.3, -0.25) is 10.1 Å². The minimum atomic E-state index is -0.819. The van der Waals surface area contributed by atoms with Crippen LogP contribution in [0.4, 0.5) is 10.1 Å². The van der Waals surface area contributed by atoms with Gasteiger partial charge in [-0.25, -0.2) is 0 Å². The lowest BCUT2D eigenvalue weighted by Crippen LogP contribution is -2.15. The van der Waals surface area contributed by atoms with Crippen LogP contribution in [0.2, 0.25) is 0 Å². The molecule has 4 nitrogen and oxygen atoms in total. The van der Waals surface area contributed by atoms with Gasteiger partial charge in [0, 0.05) is 29.8 Å². The summed E-state index contributed by atoms with van der Waals surface area (Å²) in [6, 6.07) is 4.04. The van der Waals surface area contributed by atoms with E-state index in [1.165, 1.54) is 12.1 Å². The lowest BCUT2D eigenvalue weighted by molar-refractivity contribution is -0.387. The van der Waals surface area contributed by atoms with Crippen LogP contribution in [0.5, 0.6) is 0 Å². The van der Waals surface area contributed by atoms with Gasteiger partial charge in [0.1, 0.15) is 0 Å². The Hall–Kier alpha value is -1.46. The molecule has 0 unspecified atom stereocenters. The summed E-state index contributed by atoms with van der Waals surface area (Å²) in [6.45, 7) is 3.94. The number of nitro groups is 1. The number of nitrogens with zero attached hydrogens (tertiary/aromatic N) is 1. The van der Waals surface area contributed by atoms with Crippen molar-refractivity contribution in [3.8, 4) is 0 Å². The highest BCUT2D eigenvalue weighted by Gasteiger charge is 2.16. The Morgan fingerprint density at radius 3 is 2.88 bits per heavy atom. The highest BCUT2D eigenvalue weighted by molar-refractivity contribution is 6.29. The van der Waals surface area contributed by atoms with E-state index in [1.54, 1.807) is 0 Å². The van der Waals surface area contributed by atoms with E-state index in [-0.39, 0.29) is 12.1 Å². The number of rotatable bonds is 5. The second-order valence-corrected chi connectivity index (χ2v) is 3.66. The minimum Gasteiger partial charge on any atom is -0.308 e. The molecule has 0 bridgehead atoms. The predicted octanol–water partition coefficient (Wildman–Crippen LogP) is 2.58. The van der Waals surface area contributed by atoms with Crippen molar-refractivity contribution in [2.75, 3.05) is 6.54 Å². The molecule has 0 aliphatic rings. The Balaban J connectivity index is 2.77. The fraction of sp³-hybridized carbons (Fsp3) is 0.200. The van der Waals surface area contributed by atoms with Crippen molar-refractivity contribution in [1.29, 1.82) is 0 Å². The Labute approximate surface area is 96.9 Å². The van der Waals surface area contributed by atoms with E-state index in [0.717, 1.165) is 6.07 Å². The van der Waals surface area contributed by atoms with Gasteiger partial charge in [-0.1, -0.05) is 30.3 Å². The number of benzene rings is 1. The predicted molar refractivity (Wildman–Crippen MR) is 59.8 cm³/mol. The SMILES string of the molecule is C=C(Cl)CNCc1cccc([N+](=O)[O-])c1F. The van der Waals surface area contributed by atoms with E-state index < -0.39 is 16.4 Å². The molecule has 0 spiro atoms. The van der Waals surface area contributed by atoms with E-state index in [9.17, 15) is 14.5 Å². The van der Waals surface area contributed by atoms with Crippen LogP contribution in [0.1, 0.15) is 5.56 Å². The van der Waals surface area contributed by atoms with Gasteiger partial charge in [0.2, 0.25) is 5.82 Å². The zero-order valence-corrected chi connectivity index (χ0v) is 9.13. The first kappa shape index (κ1) is 12.6. The molecule has 0 radical (unpaired) electrons. The molecule has 1 aromatic rings. The first-order chi connectivity index (χ1) is 7.52. The second kappa shape index (κ2) is 5.58. The molecule has 0 aromatic heterocycles. The van der Waals surface area contributed by atoms with Crippen LogP contribution in [-0.4, -0.2) is 11.5 Å². The average molecular weight is 245 g/mol. The van der Waals surface area contributed by atoms with E-state index in [4.69, 9.17) is 11.6 Å². The van der Waals surface area contributed by atoms with Crippen molar-refractivity contribution in [2.45, 2.75) is 6.54 Å². The molecule has 1 aromatic carbocycles. The van der Waals surface area contributed by atoms with Gasteiger partial charge in [0.05, 0.1) is 4.92 Å². The molecular weight excluding hydrogens is 235 g/mol. The van der Waals surface area contributed by atoms with Crippen molar-refractivity contribution in [3.05, 3.63) is 51.3 Å². The van der Waals surface area contributed by atoms with Gasteiger partial charge in [-0.2, -0.15) is 4.39 Å². The van der Waals surface area contributed by atoms with Crippen molar-refractivity contribution in [1.82, 2.24) is 5.32 Å². The van der Waals surface area contributed by atoms with Crippen molar-refractivity contribution >= 4 is 17.3 Å². The summed E-state index contributed by atoms with van der Waals surface area (Å²) in [4.78, 5) is 9.72. The highest BCUT2D eigenvalue weighted by atomic mass is 35.5. The molecule has 0 aliphatic carbocycles. The van der Waals surface area contributed by atoms with Crippen LogP contribution in [0, 0.1) is 15.9 Å². The third kappa shape index (κ3) is 3.29. The monoisotopic (exact) mass is 244 g/mol. The molecule has 6 heteroatoms. The number of nitrogens with one attached hydrogen (secondary N) is 1. The zero-order valence-electron chi connectivity index (χ0n) is 8.37. The van der Waals surface area contributed by atoms with Crippen LogP contribution in [0.3, 0.4) is 0 Å². The molecule has 0 fully saturated rings. The lowest BCUT2D eigenvalue weighted by atomic mass is 10.2. The van der Waals surface area contributed by atoms with Gasteiger partial charge in [-0.05, 0) is 0 Å². The Bertz CT molecular complexity index is 423. The molecule has 1 rings (SSSR count). The Morgan fingerprint density at radius 2 is 2.31 bits per heavy atom.